The Morgan fingerprint density at radius 2 is 0.379 bits per heavy atom. The molecule has 0 unspecified atom stereocenters. The van der Waals surface area contributed by atoms with E-state index in [9.17, 15) is 24.0 Å². The van der Waals surface area contributed by atoms with Crippen LogP contribution in [0.25, 0.3) is 0 Å². The molecule has 3 N–H and O–H groups in total. The molecule has 0 bridgehead atoms. The van der Waals surface area contributed by atoms with E-state index in [-0.39, 0.29) is 11.8 Å². The van der Waals surface area contributed by atoms with Gasteiger partial charge >= 0.3 is 0 Å². The highest BCUT2D eigenvalue weighted by atomic mass is 16.2. The minimum absolute atomic E-state index is 0.0851. The van der Waals surface area contributed by atoms with Crippen LogP contribution in [0.15, 0.2) is 0 Å². The zero-order chi connectivity index (χ0) is 69.1. The fourth-order valence-corrected chi connectivity index (χ4v) is 13.4. The van der Waals surface area contributed by atoms with Gasteiger partial charge in [-0.05, 0) is 32.1 Å². The summed E-state index contributed by atoms with van der Waals surface area (Å²) < 4.78 is 0. The third kappa shape index (κ3) is 72.8. The maximum atomic E-state index is 13.5. The molecular weight excluding hydrogens is 1170 g/mol. The summed E-state index contributed by atoms with van der Waals surface area (Å²) in [6, 6.07) is 0. The van der Waals surface area contributed by atoms with Crippen molar-refractivity contribution in [1.29, 1.82) is 0 Å². The van der Waals surface area contributed by atoms with Crippen molar-refractivity contribution in [2.75, 3.05) is 85.1 Å². The maximum absolute atomic E-state index is 13.5. The molecule has 0 atom stereocenters. The van der Waals surface area contributed by atoms with E-state index in [0.717, 1.165) is 117 Å². The Kier molecular flexibility index (Phi) is 75.7. The number of amides is 2. The smallest absolute Gasteiger partial charge is 0.221 e. The van der Waals surface area contributed by atoms with E-state index in [0.29, 0.717) is 101 Å². The molecule has 11 nitrogen and oxygen atoms in total. The third-order valence-corrected chi connectivity index (χ3v) is 20.3. The average Bonchev–Trinajstić information content (AvgIpc) is 3.51. The number of Topliss-reactive ketones (excluding diaryl/α,β-unsaturated/α-hetero) is 3. The zero-order valence-electron chi connectivity index (χ0n) is 64.7. The number of carbonyl (C=O) groups is 5. The molecule has 0 aliphatic rings. The summed E-state index contributed by atoms with van der Waals surface area (Å²) in [4.78, 5) is 73.9. The van der Waals surface area contributed by atoms with Crippen LogP contribution in [-0.4, -0.2) is 129 Å². The second-order valence-corrected chi connectivity index (χ2v) is 29.6. The minimum Gasteiger partial charge on any atom is -0.356 e. The second kappa shape index (κ2) is 77.5. The topological polar surface area (TPSA) is 131 Å². The van der Waals surface area contributed by atoms with E-state index >= 15 is 0 Å². The van der Waals surface area contributed by atoms with Gasteiger partial charge in [0.05, 0.1) is 0 Å². The predicted octanol–water partition coefficient (Wildman–Crippen LogP) is 22.3. The summed E-state index contributed by atoms with van der Waals surface area (Å²) in [6.45, 7) is 20.7. The predicted molar refractivity (Wildman–Crippen MR) is 413 cm³/mol. The molecule has 0 spiro atoms. The van der Waals surface area contributed by atoms with Gasteiger partial charge in [0, 0.05) is 136 Å². The van der Waals surface area contributed by atoms with Gasteiger partial charge < -0.3 is 30.7 Å². The number of nitrogens with zero attached hydrogens (tertiary/aromatic N) is 3. The Bertz CT molecular complexity index is 1550. The summed E-state index contributed by atoms with van der Waals surface area (Å²) in [6.07, 6.45) is 71.9. The Balaban J connectivity index is 5.83. The number of hydrogen-bond acceptors (Lipinski definition) is 9. The van der Waals surface area contributed by atoms with Gasteiger partial charge in [-0.1, -0.05) is 343 Å². The monoisotopic (exact) mass is 1340 g/mol. The van der Waals surface area contributed by atoms with Gasteiger partial charge in [0.2, 0.25) is 11.8 Å². The van der Waals surface area contributed by atoms with E-state index in [2.05, 4.69) is 65.3 Å². The van der Waals surface area contributed by atoms with Crippen LogP contribution in [0, 0.1) is 0 Å². The molecule has 0 aromatic heterocycles. The molecule has 0 saturated carbocycles. The van der Waals surface area contributed by atoms with Crippen molar-refractivity contribution in [1.82, 2.24) is 30.7 Å². The van der Waals surface area contributed by atoms with Crippen molar-refractivity contribution >= 4 is 29.2 Å². The molecule has 0 saturated heterocycles. The Morgan fingerprint density at radius 3 is 0.621 bits per heavy atom. The molecule has 11 heteroatoms. The van der Waals surface area contributed by atoms with E-state index in [1.54, 1.807) is 0 Å². The van der Waals surface area contributed by atoms with Gasteiger partial charge in [0.15, 0.2) is 0 Å². The molecule has 0 fully saturated rings. The lowest BCUT2D eigenvalue weighted by Crippen LogP contribution is -2.42. The molecule has 0 rings (SSSR count). The lowest BCUT2D eigenvalue weighted by atomic mass is 10.0. The number of rotatable bonds is 82. The highest BCUT2D eigenvalue weighted by molar-refractivity contribution is 5.79. The molecular formula is C84H166N6O5. The standard InChI is InChI=1S/C84H166N6O5/c1-6-11-16-21-26-31-36-39-44-49-54-59-80(91)62-71-88(72-63-81(92)60-55-50-45-40-37-32-27-22-17-12-7-2)76-69-85-70-77-90(73-64-82(93)61-56-51-46-41-38-33-28-23-18-13-8-3)79-78-89(74-65-83(94)86-67-57-52-47-42-34-29-24-19-14-9-4)75-66-84(95)87-68-58-53-48-43-35-30-25-20-15-10-5/h85H,6-79H2,1-5H3,(H,86,94)(H,87,95). The molecule has 2 amide bonds. The average molecular weight is 1340 g/mol. The molecule has 95 heavy (non-hydrogen) atoms. The number of unbranched alkanes of at least 4 members (excludes halogenated alkanes) is 48. The van der Waals surface area contributed by atoms with Gasteiger partial charge in [-0.3, -0.25) is 24.0 Å². The van der Waals surface area contributed by atoms with E-state index in [4.69, 9.17) is 0 Å². The molecule has 0 aliphatic heterocycles. The van der Waals surface area contributed by atoms with Gasteiger partial charge in [-0.25, -0.2) is 0 Å². The van der Waals surface area contributed by atoms with Crippen LogP contribution in [0.5, 0.6) is 0 Å². The van der Waals surface area contributed by atoms with E-state index in [1.165, 1.54) is 276 Å². The van der Waals surface area contributed by atoms with Crippen LogP contribution in [0.4, 0.5) is 0 Å². The number of carbonyl (C=O) groups excluding carboxylic acids is 5. The Labute approximate surface area is 592 Å². The summed E-state index contributed by atoms with van der Waals surface area (Å²) >= 11 is 0. The molecule has 562 valence electrons. The first kappa shape index (κ1) is 92.8. The summed E-state index contributed by atoms with van der Waals surface area (Å²) in [5.74, 6) is 1.22. The van der Waals surface area contributed by atoms with Crippen LogP contribution in [0.1, 0.15) is 426 Å². The highest BCUT2D eigenvalue weighted by Gasteiger charge is 2.17. The first-order valence-corrected chi connectivity index (χ1v) is 42.6. The zero-order valence-corrected chi connectivity index (χ0v) is 64.7. The van der Waals surface area contributed by atoms with Crippen molar-refractivity contribution in [2.24, 2.45) is 0 Å². The SMILES string of the molecule is CCCCCCCCCCCCCC(=O)CCN(CCNCCN(CCC(=O)CCCCCCCCCCCCC)CCN(CCC(=O)NCCCCCCCCCCCC)CCC(=O)NCCCCCCCCCCCC)CCC(=O)CCCCCCCCCCCCC. The molecule has 0 radical (unpaired) electrons. The number of hydrogen-bond donors (Lipinski definition) is 3. The van der Waals surface area contributed by atoms with Crippen LogP contribution < -0.4 is 16.0 Å². The first-order chi connectivity index (χ1) is 46.7. The van der Waals surface area contributed by atoms with Gasteiger partial charge in [0.1, 0.15) is 17.3 Å². The van der Waals surface area contributed by atoms with Gasteiger partial charge in [-0.2, -0.15) is 0 Å². The highest BCUT2D eigenvalue weighted by Crippen LogP contribution is 2.18. The van der Waals surface area contributed by atoms with Crippen molar-refractivity contribution in [3.8, 4) is 0 Å². The van der Waals surface area contributed by atoms with Crippen molar-refractivity contribution in [3.63, 3.8) is 0 Å². The second-order valence-electron chi connectivity index (χ2n) is 29.6. The first-order valence-electron chi connectivity index (χ1n) is 42.6. The Hall–Kier alpha value is -2.21. The van der Waals surface area contributed by atoms with Gasteiger partial charge in [0.25, 0.3) is 0 Å². The van der Waals surface area contributed by atoms with Gasteiger partial charge in [-0.15, -0.1) is 0 Å². The molecule has 0 aliphatic carbocycles. The maximum Gasteiger partial charge on any atom is 0.221 e. The van der Waals surface area contributed by atoms with Crippen LogP contribution in [0.3, 0.4) is 0 Å². The largest absolute Gasteiger partial charge is 0.356 e. The van der Waals surface area contributed by atoms with Crippen LogP contribution >= 0.6 is 0 Å². The van der Waals surface area contributed by atoms with E-state index in [1.807, 2.05) is 0 Å². The number of ketones is 3. The summed E-state index contributed by atoms with van der Waals surface area (Å²) in [5, 5.41) is 10.2. The molecule has 0 aromatic carbocycles. The lowest BCUT2D eigenvalue weighted by Gasteiger charge is -2.28. The number of nitrogens with one attached hydrogen (secondary N) is 3. The quantitative estimate of drug-likeness (QED) is 0.0510. The van der Waals surface area contributed by atoms with Crippen LogP contribution in [0.2, 0.25) is 0 Å². The van der Waals surface area contributed by atoms with Crippen LogP contribution in [-0.2, 0) is 24.0 Å². The van der Waals surface area contributed by atoms with Crippen molar-refractivity contribution < 1.29 is 24.0 Å². The fourth-order valence-electron chi connectivity index (χ4n) is 13.4. The molecule has 0 heterocycles. The minimum atomic E-state index is 0.0851. The lowest BCUT2D eigenvalue weighted by molar-refractivity contribution is -0.122. The van der Waals surface area contributed by atoms with Crippen molar-refractivity contribution in [3.05, 3.63) is 0 Å². The molecule has 0 aromatic rings. The summed E-state index contributed by atoms with van der Waals surface area (Å²) in [7, 11) is 0. The Morgan fingerprint density at radius 1 is 0.189 bits per heavy atom. The fraction of sp³-hybridized carbons (Fsp3) is 0.940. The van der Waals surface area contributed by atoms with Crippen molar-refractivity contribution in [2.45, 2.75) is 426 Å². The summed E-state index contributed by atoms with van der Waals surface area (Å²) in [5.41, 5.74) is 0. The normalized spacial score (nSPS) is 11.7. The third-order valence-electron chi connectivity index (χ3n) is 20.3. The van der Waals surface area contributed by atoms with E-state index < -0.39 is 0 Å².